The Morgan fingerprint density at radius 3 is 2.86 bits per heavy atom. The van der Waals surface area contributed by atoms with E-state index in [9.17, 15) is 0 Å². The summed E-state index contributed by atoms with van der Waals surface area (Å²) in [4.78, 5) is 2.22. The predicted molar refractivity (Wildman–Crippen MR) is 80.2 cm³/mol. The molecule has 7 heteroatoms. The average Bonchev–Trinajstić information content (AvgIpc) is 3.28. The van der Waals surface area contributed by atoms with Gasteiger partial charge in [-0.05, 0) is 37.8 Å². The smallest absolute Gasteiger partial charge is 0.151 e. The molecule has 3 heterocycles. The Morgan fingerprint density at radius 1 is 1.18 bits per heavy atom. The fourth-order valence-corrected chi connectivity index (χ4v) is 2.67. The molecule has 1 aliphatic heterocycles. The zero-order chi connectivity index (χ0) is 14.9. The van der Waals surface area contributed by atoms with Gasteiger partial charge in [0.25, 0.3) is 0 Å². The van der Waals surface area contributed by atoms with E-state index in [1.165, 1.54) is 12.8 Å². The van der Waals surface area contributed by atoms with E-state index < -0.39 is 0 Å². The highest BCUT2D eigenvalue weighted by Crippen LogP contribution is 2.29. The van der Waals surface area contributed by atoms with E-state index in [1.807, 2.05) is 23.7 Å². The zero-order valence-electron chi connectivity index (χ0n) is 12.8. The number of hydrogen-bond donors (Lipinski definition) is 0. The molecule has 1 saturated carbocycles. The SMILES string of the molecule is Cc1ccc(N2CCn3nnc(COCC4CC4)c3C2)nn1. The summed E-state index contributed by atoms with van der Waals surface area (Å²) in [6.07, 6.45) is 2.61. The third kappa shape index (κ3) is 2.81. The lowest BCUT2D eigenvalue weighted by Crippen LogP contribution is -2.35. The normalized spacial score (nSPS) is 17.6. The van der Waals surface area contributed by atoms with Crippen LogP contribution < -0.4 is 4.90 Å². The Kier molecular flexibility index (Phi) is 3.49. The van der Waals surface area contributed by atoms with Gasteiger partial charge in [-0.3, -0.25) is 0 Å². The monoisotopic (exact) mass is 300 g/mol. The molecule has 2 aromatic heterocycles. The van der Waals surface area contributed by atoms with Crippen molar-refractivity contribution in [3.05, 3.63) is 29.2 Å². The van der Waals surface area contributed by atoms with E-state index in [0.717, 1.165) is 55.1 Å². The lowest BCUT2D eigenvalue weighted by molar-refractivity contribution is 0.108. The number of anilines is 1. The van der Waals surface area contributed by atoms with E-state index >= 15 is 0 Å². The Bertz CT molecular complexity index is 649. The summed E-state index contributed by atoms with van der Waals surface area (Å²) in [5.74, 6) is 1.67. The number of aromatic nitrogens is 5. The highest BCUT2D eigenvalue weighted by Gasteiger charge is 2.24. The lowest BCUT2D eigenvalue weighted by atomic mass is 10.2. The van der Waals surface area contributed by atoms with Crippen molar-refractivity contribution >= 4 is 5.82 Å². The molecule has 0 N–H and O–H groups in total. The Balaban J connectivity index is 1.46. The first-order valence-electron chi connectivity index (χ1n) is 7.84. The van der Waals surface area contributed by atoms with Gasteiger partial charge in [-0.15, -0.1) is 10.2 Å². The van der Waals surface area contributed by atoms with E-state index in [2.05, 4.69) is 25.4 Å². The summed E-state index contributed by atoms with van der Waals surface area (Å²) in [6, 6.07) is 4.01. The van der Waals surface area contributed by atoms with Gasteiger partial charge in [0.2, 0.25) is 0 Å². The maximum atomic E-state index is 5.76. The summed E-state index contributed by atoms with van der Waals surface area (Å²) in [6.45, 7) is 5.80. The first-order valence-corrected chi connectivity index (χ1v) is 7.84. The summed E-state index contributed by atoms with van der Waals surface area (Å²) in [5.41, 5.74) is 3.01. The number of rotatable bonds is 5. The van der Waals surface area contributed by atoms with Crippen LogP contribution in [0.15, 0.2) is 12.1 Å². The molecule has 2 aliphatic rings. The van der Waals surface area contributed by atoms with E-state index in [4.69, 9.17) is 4.74 Å². The van der Waals surface area contributed by atoms with Crippen molar-refractivity contribution in [2.24, 2.45) is 5.92 Å². The molecule has 0 bridgehead atoms. The molecule has 116 valence electrons. The minimum Gasteiger partial charge on any atom is -0.375 e. The minimum absolute atomic E-state index is 0.555. The lowest BCUT2D eigenvalue weighted by Gasteiger charge is -2.28. The molecule has 0 amide bonds. The maximum Gasteiger partial charge on any atom is 0.151 e. The molecule has 22 heavy (non-hydrogen) atoms. The van der Waals surface area contributed by atoms with Crippen LogP contribution in [0.3, 0.4) is 0 Å². The number of ether oxygens (including phenoxy) is 1. The van der Waals surface area contributed by atoms with Gasteiger partial charge in [-0.2, -0.15) is 5.10 Å². The van der Waals surface area contributed by atoms with Gasteiger partial charge in [-0.1, -0.05) is 5.21 Å². The molecule has 0 spiro atoms. The van der Waals surface area contributed by atoms with Gasteiger partial charge in [-0.25, -0.2) is 4.68 Å². The first kappa shape index (κ1) is 13.6. The summed E-state index contributed by atoms with van der Waals surface area (Å²) >= 11 is 0. The molecule has 7 nitrogen and oxygen atoms in total. The molecular formula is C15H20N6O. The highest BCUT2D eigenvalue weighted by atomic mass is 16.5. The molecule has 4 rings (SSSR count). The quantitative estimate of drug-likeness (QED) is 0.829. The van der Waals surface area contributed by atoms with Crippen LogP contribution in [0.2, 0.25) is 0 Å². The Morgan fingerprint density at radius 2 is 2.09 bits per heavy atom. The average molecular weight is 300 g/mol. The molecular weight excluding hydrogens is 280 g/mol. The van der Waals surface area contributed by atoms with Gasteiger partial charge in [0.05, 0.1) is 31.1 Å². The van der Waals surface area contributed by atoms with Crippen LogP contribution in [-0.2, 0) is 24.4 Å². The number of hydrogen-bond acceptors (Lipinski definition) is 6. The second-order valence-electron chi connectivity index (χ2n) is 6.12. The van der Waals surface area contributed by atoms with Crippen molar-refractivity contribution in [1.29, 1.82) is 0 Å². The van der Waals surface area contributed by atoms with Crippen LogP contribution in [0.1, 0.15) is 29.9 Å². The second kappa shape index (κ2) is 5.64. The second-order valence-corrected chi connectivity index (χ2v) is 6.12. The predicted octanol–water partition coefficient (Wildman–Crippen LogP) is 1.32. The van der Waals surface area contributed by atoms with Crippen molar-refractivity contribution in [3.8, 4) is 0 Å². The summed E-state index contributed by atoms with van der Waals surface area (Å²) < 4.78 is 7.74. The topological polar surface area (TPSA) is 69.0 Å². The standard InChI is InChI=1S/C15H20N6O/c1-11-2-5-15(18-16-11)20-6-7-21-14(8-20)13(17-19-21)10-22-9-12-3-4-12/h2,5,12H,3-4,6-10H2,1H3. The van der Waals surface area contributed by atoms with Crippen molar-refractivity contribution in [2.75, 3.05) is 18.1 Å². The number of nitrogens with zero attached hydrogens (tertiary/aromatic N) is 6. The maximum absolute atomic E-state index is 5.76. The Hall–Kier alpha value is -2.02. The molecule has 0 atom stereocenters. The van der Waals surface area contributed by atoms with Crippen LogP contribution in [0.25, 0.3) is 0 Å². The van der Waals surface area contributed by atoms with Gasteiger partial charge in [0.1, 0.15) is 5.69 Å². The molecule has 0 radical (unpaired) electrons. The van der Waals surface area contributed by atoms with Gasteiger partial charge >= 0.3 is 0 Å². The van der Waals surface area contributed by atoms with Crippen LogP contribution >= 0.6 is 0 Å². The van der Waals surface area contributed by atoms with E-state index in [-0.39, 0.29) is 0 Å². The molecule has 0 unspecified atom stereocenters. The largest absolute Gasteiger partial charge is 0.375 e. The number of aryl methyl sites for hydroxylation is 1. The van der Waals surface area contributed by atoms with Crippen LogP contribution in [0.4, 0.5) is 5.82 Å². The first-order chi connectivity index (χ1) is 10.8. The van der Waals surface area contributed by atoms with Gasteiger partial charge < -0.3 is 9.64 Å². The zero-order valence-corrected chi connectivity index (χ0v) is 12.8. The molecule has 2 aromatic rings. The third-order valence-electron chi connectivity index (χ3n) is 4.24. The van der Waals surface area contributed by atoms with E-state index in [1.54, 1.807) is 0 Å². The van der Waals surface area contributed by atoms with E-state index in [0.29, 0.717) is 6.61 Å². The third-order valence-corrected chi connectivity index (χ3v) is 4.24. The van der Waals surface area contributed by atoms with Crippen molar-refractivity contribution < 1.29 is 4.74 Å². The molecule has 1 fully saturated rings. The van der Waals surface area contributed by atoms with Crippen molar-refractivity contribution in [1.82, 2.24) is 25.2 Å². The van der Waals surface area contributed by atoms with Gasteiger partial charge in [0, 0.05) is 13.2 Å². The Labute approximate surface area is 129 Å². The fraction of sp³-hybridized carbons (Fsp3) is 0.600. The van der Waals surface area contributed by atoms with Gasteiger partial charge in [0.15, 0.2) is 5.82 Å². The summed E-state index contributed by atoms with van der Waals surface area (Å²) in [7, 11) is 0. The molecule has 0 aromatic carbocycles. The molecule has 0 saturated heterocycles. The van der Waals surface area contributed by atoms with Crippen molar-refractivity contribution in [2.45, 2.75) is 39.5 Å². The molecule has 1 aliphatic carbocycles. The van der Waals surface area contributed by atoms with Crippen LogP contribution in [-0.4, -0.2) is 38.3 Å². The fourth-order valence-electron chi connectivity index (χ4n) is 2.67. The highest BCUT2D eigenvalue weighted by molar-refractivity contribution is 5.39. The summed E-state index contributed by atoms with van der Waals surface area (Å²) in [5, 5.41) is 16.9. The van der Waals surface area contributed by atoms with Crippen LogP contribution in [0, 0.1) is 12.8 Å². The number of fused-ring (bicyclic) bond motifs is 1. The minimum atomic E-state index is 0.555. The van der Waals surface area contributed by atoms with Crippen LogP contribution in [0.5, 0.6) is 0 Å². The van der Waals surface area contributed by atoms with Crippen molar-refractivity contribution in [3.63, 3.8) is 0 Å².